The van der Waals surface area contributed by atoms with E-state index in [0.717, 1.165) is 5.92 Å². The Kier molecular flexibility index (Phi) is 4.89. The Bertz CT molecular complexity index is 111. The second-order valence-corrected chi connectivity index (χ2v) is 4.87. The van der Waals surface area contributed by atoms with E-state index in [1.165, 1.54) is 19.3 Å². The molecule has 2 atom stereocenters. The van der Waals surface area contributed by atoms with Crippen LogP contribution in [0.3, 0.4) is 0 Å². The summed E-state index contributed by atoms with van der Waals surface area (Å²) in [5.74, 6) is 1.40. The molecular weight excluding hydrogens is 144 g/mol. The Hall–Kier alpha value is 0. The zero-order valence-electron chi connectivity index (χ0n) is 9.48. The summed E-state index contributed by atoms with van der Waals surface area (Å²) in [6.45, 7) is 15.6. The summed E-state index contributed by atoms with van der Waals surface area (Å²) in [4.78, 5) is 0. The van der Waals surface area contributed by atoms with Crippen molar-refractivity contribution in [1.29, 1.82) is 0 Å². The second kappa shape index (κ2) is 4.89. The minimum absolute atomic E-state index is 0.507. The molecule has 0 nitrogen and oxygen atoms in total. The van der Waals surface area contributed by atoms with E-state index in [-0.39, 0.29) is 0 Å². The third-order valence-corrected chi connectivity index (χ3v) is 3.10. The number of rotatable bonds is 5. The topological polar surface area (TPSA) is 0 Å². The summed E-state index contributed by atoms with van der Waals surface area (Å²) in [6.07, 6.45) is 3.87. The lowest BCUT2D eigenvalue weighted by Gasteiger charge is -2.30. The van der Waals surface area contributed by atoms with Gasteiger partial charge in [0.1, 0.15) is 0 Å². The van der Waals surface area contributed by atoms with Crippen molar-refractivity contribution in [2.75, 3.05) is 0 Å². The van der Waals surface area contributed by atoms with Gasteiger partial charge >= 0.3 is 0 Å². The third kappa shape index (κ3) is 4.13. The van der Waals surface area contributed by atoms with Crippen molar-refractivity contribution >= 4 is 0 Å². The van der Waals surface area contributed by atoms with Gasteiger partial charge < -0.3 is 0 Å². The maximum Gasteiger partial charge on any atom is -0.0354 e. The molecule has 0 aromatic heterocycles. The van der Waals surface area contributed by atoms with E-state index in [1.807, 2.05) is 0 Å². The van der Waals surface area contributed by atoms with E-state index in [4.69, 9.17) is 0 Å². The van der Waals surface area contributed by atoms with Crippen molar-refractivity contribution in [3.8, 4) is 0 Å². The minimum Gasteiger partial charge on any atom is -0.0651 e. The van der Waals surface area contributed by atoms with Crippen LogP contribution in [-0.4, -0.2) is 0 Å². The molecule has 12 heavy (non-hydrogen) atoms. The fraction of sp³-hybridized carbons (Fsp3) is 0.917. The second-order valence-electron chi connectivity index (χ2n) is 4.87. The lowest BCUT2D eigenvalue weighted by atomic mass is 9.76. The molecule has 2 unspecified atom stereocenters. The summed E-state index contributed by atoms with van der Waals surface area (Å²) in [7, 11) is 0. The van der Waals surface area contributed by atoms with Crippen LogP contribution in [0.5, 0.6) is 0 Å². The summed E-state index contributed by atoms with van der Waals surface area (Å²) < 4.78 is 0. The molecular formula is C12H25. The van der Waals surface area contributed by atoms with Gasteiger partial charge in [-0.05, 0) is 23.7 Å². The molecule has 0 heteroatoms. The molecule has 0 aliphatic heterocycles. The molecule has 0 rings (SSSR count). The van der Waals surface area contributed by atoms with Gasteiger partial charge in [-0.1, -0.05) is 54.4 Å². The van der Waals surface area contributed by atoms with Crippen LogP contribution in [0.25, 0.3) is 0 Å². The Labute approximate surface area is 78.8 Å². The molecule has 1 radical (unpaired) electrons. The first-order valence-corrected chi connectivity index (χ1v) is 5.26. The number of hydrogen-bond donors (Lipinski definition) is 0. The van der Waals surface area contributed by atoms with Crippen LogP contribution >= 0.6 is 0 Å². The fourth-order valence-corrected chi connectivity index (χ4v) is 1.60. The summed E-state index contributed by atoms with van der Waals surface area (Å²) in [5.41, 5.74) is 0.507. The van der Waals surface area contributed by atoms with Gasteiger partial charge in [0.25, 0.3) is 0 Å². The smallest absolute Gasteiger partial charge is 0.0354 e. The van der Waals surface area contributed by atoms with Crippen LogP contribution < -0.4 is 0 Å². The van der Waals surface area contributed by atoms with E-state index in [0.29, 0.717) is 11.3 Å². The van der Waals surface area contributed by atoms with Crippen LogP contribution in [0.1, 0.15) is 53.9 Å². The van der Waals surface area contributed by atoms with E-state index in [2.05, 4.69) is 41.5 Å². The van der Waals surface area contributed by atoms with Crippen molar-refractivity contribution < 1.29 is 0 Å². The van der Waals surface area contributed by atoms with Crippen LogP contribution in [0, 0.1) is 24.2 Å². The van der Waals surface area contributed by atoms with Crippen LogP contribution in [0.15, 0.2) is 0 Å². The minimum atomic E-state index is 0.507. The highest BCUT2D eigenvalue weighted by atomic mass is 14.3. The number of hydrogen-bond acceptors (Lipinski definition) is 0. The standard InChI is InChI=1S/C12H25/c1-7-11(10(3)4)9-12(5,6)8-2/h10-11H,3,7-9H2,1-2,4-6H3. The van der Waals surface area contributed by atoms with E-state index < -0.39 is 0 Å². The Morgan fingerprint density at radius 2 is 1.75 bits per heavy atom. The molecule has 0 aliphatic rings. The van der Waals surface area contributed by atoms with E-state index >= 15 is 0 Å². The monoisotopic (exact) mass is 169 g/mol. The maximum absolute atomic E-state index is 4.13. The fourth-order valence-electron chi connectivity index (χ4n) is 1.60. The van der Waals surface area contributed by atoms with E-state index in [1.54, 1.807) is 0 Å². The van der Waals surface area contributed by atoms with Gasteiger partial charge in [-0.15, -0.1) is 0 Å². The highest BCUT2D eigenvalue weighted by Crippen LogP contribution is 2.33. The van der Waals surface area contributed by atoms with E-state index in [9.17, 15) is 0 Å². The quantitative estimate of drug-likeness (QED) is 0.575. The van der Waals surface area contributed by atoms with Gasteiger partial charge in [0.05, 0.1) is 0 Å². The predicted molar refractivity (Wildman–Crippen MR) is 57.0 cm³/mol. The molecule has 73 valence electrons. The molecule has 0 fully saturated rings. The summed E-state index contributed by atoms with van der Waals surface area (Å²) in [5, 5.41) is 0. The average Bonchev–Trinajstić information content (AvgIpc) is 2.00. The Morgan fingerprint density at radius 1 is 1.25 bits per heavy atom. The Morgan fingerprint density at radius 3 is 2.00 bits per heavy atom. The van der Waals surface area contributed by atoms with Gasteiger partial charge in [-0.25, -0.2) is 0 Å². The lowest BCUT2D eigenvalue weighted by Crippen LogP contribution is -2.19. The van der Waals surface area contributed by atoms with Crippen molar-refractivity contribution in [2.45, 2.75) is 53.9 Å². The predicted octanol–water partition coefficient (Wildman–Crippen LogP) is 4.31. The van der Waals surface area contributed by atoms with Gasteiger partial charge in [0.2, 0.25) is 0 Å². The first kappa shape index (κ1) is 12.0. The Balaban J connectivity index is 4.01. The SMILES string of the molecule is [CH2]C(C)C(CC)CC(C)(C)CC. The van der Waals surface area contributed by atoms with Gasteiger partial charge in [0, 0.05) is 0 Å². The van der Waals surface area contributed by atoms with Crippen molar-refractivity contribution in [3.63, 3.8) is 0 Å². The third-order valence-electron chi connectivity index (χ3n) is 3.10. The largest absolute Gasteiger partial charge is 0.0651 e. The van der Waals surface area contributed by atoms with Gasteiger partial charge in [-0.3, -0.25) is 0 Å². The molecule has 0 aromatic carbocycles. The van der Waals surface area contributed by atoms with Gasteiger partial charge in [0.15, 0.2) is 0 Å². The lowest BCUT2D eigenvalue weighted by molar-refractivity contribution is 0.222. The highest BCUT2D eigenvalue weighted by molar-refractivity contribution is 4.75. The average molecular weight is 169 g/mol. The van der Waals surface area contributed by atoms with Crippen molar-refractivity contribution in [1.82, 2.24) is 0 Å². The molecule has 0 heterocycles. The molecule has 0 spiro atoms. The van der Waals surface area contributed by atoms with Crippen molar-refractivity contribution in [2.24, 2.45) is 17.3 Å². The van der Waals surface area contributed by atoms with Crippen molar-refractivity contribution in [3.05, 3.63) is 6.92 Å². The molecule has 0 saturated heterocycles. The summed E-state index contributed by atoms with van der Waals surface area (Å²) >= 11 is 0. The zero-order chi connectivity index (χ0) is 9.78. The molecule has 0 saturated carbocycles. The molecule has 0 amide bonds. The molecule has 0 bridgehead atoms. The van der Waals surface area contributed by atoms with Gasteiger partial charge in [-0.2, -0.15) is 0 Å². The molecule has 0 aliphatic carbocycles. The maximum atomic E-state index is 4.13. The first-order valence-electron chi connectivity index (χ1n) is 5.26. The highest BCUT2D eigenvalue weighted by Gasteiger charge is 2.22. The van der Waals surface area contributed by atoms with Crippen LogP contribution in [0.4, 0.5) is 0 Å². The molecule has 0 N–H and O–H groups in total. The van der Waals surface area contributed by atoms with Crippen LogP contribution in [-0.2, 0) is 0 Å². The zero-order valence-corrected chi connectivity index (χ0v) is 9.48. The van der Waals surface area contributed by atoms with Crippen LogP contribution in [0.2, 0.25) is 0 Å². The molecule has 0 aromatic rings. The normalized spacial score (nSPS) is 15.2. The summed E-state index contributed by atoms with van der Waals surface area (Å²) in [6, 6.07) is 0. The first-order chi connectivity index (χ1) is 5.43.